The first kappa shape index (κ1) is 30.6. The maximum absolute atomic E-state index is 5.43. The Hall–Kier alpha value is -5.96. The Morgan fingerprint density at radius 3 is 1.68 bits per heavy atom. The predicted octanol–water partition coefficient (Wildman–Crippen LogP) is 13.2. The molecule has 1 nitrogen and oxygen atoms in total. The van der Waals surface area contributed by atoms with Crippen LogP contribution in [0.1, 0.15) is 47.2 Å². The van der Waals surface area contributed by atoms with Crippen LogP contribution in [0.5, 0.6) is 0 Å². The van der Waals surface area contributed by atoms with Gasteiger partial charge in [-0.05, 0) is 79.4 Å². The second-order valence-corrected chi connectivity index (χ2v) is 16.1. The monoisotopic (exact) mass is 693 g/mol. The molecule has 2 heterocycles. The highest BCUT2D eigenvalue weighted by Crippen LogP contribution is 2.65. The Kier molecular flexibility index (Phi) is 6.52. The van der Waals surface area contributed by atoms with Crippen LogP contribution in [0.2, 0.25) is 0 Å². The van der Waals surface area contributed by atoms with E-state index in [0.717, 1.165) is 17.0 Å². The van der Waals surface area contributed by atoms with Gasteiger partial charge < -0.3 is 0 Å². The summed E-state index contributed by atoms with van der Waals surface area (Å²) in [6.45, 7) is 4.81. The fourth-order valence-corrected chi connectivity index (χ4v) is 11.1. The minimum Gasteiger partial charge on any atom is -0.248 e. The Morgan fingerprint density at radius 1 is 0.415 bits per heavy atom. The van der Waals surface area contributed by atoms with Crippen LogP contribution in [0.4, 0.5) is 0 Å². The van der Waals surface area contributed by atoms with Gasteiger partial charge in [0.15, 0.2) is 0 Å². The van der Waals surface area contributed by atoms with Crippen LogP contribution in [0.3, 0.4) is 0 Å². The molecule has 0 N–H and O–H groups in total. The molecule has 0 amide bonds. The maximum atomic E-state index is 5.43. The SMILES string of the molecule is CC1(C)c2ccc3c(c2-c2cccc(-c4cc(-c5ccccc5)cc(-c5ccccc5)n4)c21)Sc1ccccc1C31c2ccccc2-c2ccccc21. The number of rotatable bonds is 3. The van der Waals surface area contributed by atoms with Crippen molar-refractivity contribution in [3.8, 4) is 55.9 Å². The Labute approximate surface area is 315 Å². The van der Waals surface area contributed by atoms with Crippen molar-refractivity contribution in [2.75, 3.05) is 0 Å². The first-order valence-corrected chi connectivity index (χ1v) is 19.3. The van der Waals surface area contributed by atoms with Gasteiger partial charge in [-0.2, -0.15) is 0 Å². The summed E-state index contributed by atoms with van der Waals surface area (Å²) in [4.78, 5) is 8.12. The average molecular weight is 694 g/mol. The van der Waals surface area contributed by atoms with Crippen molar-refractivity contribution in [1.29, 1.82) is 0 Å². The molecule has 3 aliphatic rings. The summed E-state index contributed by atoms with van der Waals surface area (Å²) in [6, 6.07) is 64.9. The number of nitrogens with zero attached hydrogens (tertiary/aromatic N) is 1. The van der Waals surface area contributed by atoms with E-state index in [4.69, 9.17) is 4.98 Å². The van der Waals surface area contributed by atoms with E-state index < -0.39 is 5.41 Å². The topological polar surface area (TPSA) is 12.9 Å². The normalized spacial score (nSPS) is 14.8. The van der Waals surface area contributed by atoms with Gasteiger partial charge in [0, 0.05) is 31.9 Å². The molecule has 2 heteroatoms. The number of pyridine rings is 1. The van der Waals surface area contributed by atoms with Crippen molar-refractivity contribution < 1.29 is 0 Å². The van der Waals surface area contributed by atoms with E-state index in [-0.39, 0.29) is 5.41 Å². The average Bonchev–Trinajstić information content (AvgIpc) is 3.64. The summed E-state index contributed by atoms with van der Waals surface area (Å²) in [7, 11) is 0. The molecule has 1 aliphatic heterocycles. The zero-order valence-electron chi connectivity index (χ0n) is 29.6. The quantitative estimate of drug-likeness (QED) is 0.183. The molecule has 1 spiro atoms. The first-order chi connectivity index (χ1) is 26.0. The standard InChI is InChI=1S/C51H35NS/c1-50(2)42-28-29-43-49(53-46-27-14-13-26-41(46)51(43)39-24-11-9-20-35(39)36-21-10-12-25-40(36)51)47(42)38-23-15-22-37(48(38)50)45-31-34(32-16-5-3-6-17-32)30-44(52-45)33-18-7-4-8-19-33/h3-31H,1-2H3. The van der Waals surface area contributed by atoms with Crippen molar-refractivity contribution >= 4 is 11.8 Å². The van der Waals surface area contributed by atoms with Gasteiger partial charge in [0.2, 0.25) is 0 Å². The molecule has 2 aliphatic carbocycles. The van der Waals surface area contributed by atoms with Crippen molar-refractivity contribution in [2.45, 2.75) is 34.5 Å². The van der Waals surface area contributed by atoms with Gasteiger partial charge in [0.25, 0.3) is 0 Å². The van der Waals surface area contributed by atoms with Gasteiger partial charge in [-0.15, -0.1) is 0 Å². The highest BCUT2D eigenvalue weighted by molar-refractivity contribution is 7.99. The Morgan fingerprint density at radius 2 is 0.962 bits per heavy atom. The number of hydrogen-bond donors (Lipinski definition) is 0. The van der Waals surface area contributed by atoms with Gasteiger partial charge in [-0.3, -0.25) is 0 Å². The molecule has 53 heavy (non-hydrogen) atoms. The zero-order chi connectivity index (χ0) is 35.3. The smallest absolute Gasteiger partial charge is 0.0735 e. The van der Waals surface area contributed by atoms with Crippen molar-refractivity contribution in [3.63, 3.8) is 0 Å². The van der Waals surface area contributed by atoms with Crippen molar-refractivity contribution in [1.82, 2.24) is 4.98 Å². The second kappa shape index (κ2) is 11.3. The molecular weight excluding hydrogens is 659 g/mol. The van der Waals surface area contributed by atoms with Crippen molar-refractivity contribution in [3.05, 3.63) is 209 Å². The summed E-state index contributed by atoms with van der Waals surface area (Å²) < 4.78 is 0. The van der Waals surface area contributed by atoms with Gasteiger partial charge in [-0.25, -0.2) is 4.98 Å². The van der Waals surface area contributed by atoms with Gasteiger partial charge >= 0.3 is 0 Å². The molecule has 0 fully saturated rings. The van der Waals surface area contributed by atoms with Crippen LogP contribution in [0, 0.1) is 0 Å². The van der Waals surface area contributed by atoms with Gasteiger partial charge in [0.05, 0.1) is 16.8 Å². The zero-order valence-corrected chi connectivity index (χ0v) is 30.4. The molecule has 8 aromatic rings. The molecule has 7 aromatic carbocycles. The van der Waals surface area contributed by atoms with E-state index in [2.05, 4.69) is 190 Å². The summed E-state index contributed by atoms with van der Waals surface area (Å²) in [5, 5.41) is 0. The van der Waals surface area contributed by atoms with Crippen LogP contribution in [0.15, 0.2) is 186 Å². The van der Waals surface area contributed by atoms with Crippen LogP contribution >= 0.6 is 11.8 Å². The van der Waals surface area contributed by atoms with E-state index >= 15 is 0 Å². The number of aromatic nitrogens is 1. The van der Waals surface area contributed by atoms with Crippen LogP contribution < -0.4 is 0 Å². The van der Waals surface area contributed by atoms with E-state index in [0.29, 0.717) is 0 Å². The molecule has 0 atom stereocenters. The lowest BCUT2D eigenvalue weighted by Gasteiger charge is -2.40. The van der Waals surface area contributed by atoms with Crippen molar-refractivity contribution in [2.24, 2.45) is 0 Å². The minimum atomic E-state index is -0.403. The molecule has 1 aromatic heterocycles. The summed E-state index contributed by atoms with van der Waals surface area (Å²) >= 11 is 1.95. The Balaban J connectivity index is 1.19. The number of hydrogen-bond acceptors (Lipinski definition) is 2. The summed E-state index contributed by atoms with van der Waals surface area (Å²) in [6.07, 6.45) is 0. The first-order valence-electron chi connectivity index (χ1n) is 18.5. The molecule has 250 valence electrons. The summed E-state index contributed by atoms with van der Waals surface area (Å²) in [5.41, 5.74) is 19.6. The van der Waals surface area contributed by atoms with E-state index in [1.165, 1.54) is 82.1 Å². The van der Waals surface area contributed by atoms with E-state index in [1.54, 1.807) is 0 Å². The minimum absolute atomic E-state index is 0.246. The fraction of sp³-hybridized carbons (Fsp3) is 0.0784. The third-order valence-corrected chi connectivity index (χ3v) is 13.1. The van der Waals surface area contributed by atoms with E-state index in [9.17, 15) is 0 Å². The molecule has 0 saturated heterocycles. The highest BCUT2D eigenvalue weighted by Gasteiger charge is 2.52. The summed E-state index contributed by atoms with van der Waals surface area (Å²) in [5.74, 6) is 0. The van der Waals surface area contributed by atoms with Crippen LogP contribution in [0.25, 0.3) is 55.9 Å². The molecule has 0 bridgehead atoms. The number of fused-ring (bicyclic) bond motifs is 13. The molecule has 0 saturated carbocycles. The fourth-order valence-electron chi connectivity index (χ4n) is 9.71. The Bertz CT molecular complexity index is 2670. The van der Waals surface area contributed by atoms with Crippen LogP contribution in [-0.2, 0) is 10.8 Å². The lowest BCUT2D eigenvalue weighted by Crippen LogP contribution is -2.32. The highest BCUT2D eigenvalue weighted by atomic mass is 32.2. The third kappa shape index (κ3) is 4.19. The van der Waals surface area contributed by atoms with Gasteiger partial charge in [0.1, 0.15) is 0 Å². The molecule has 0 unspecified atom stereocenters. The largest absolute Gasteiger partial charge is 0.248 e. The van der Waals surface area contributed by atoms with E-state index in [1.807, 2.05) is 11.8 Å². The number of benzene rings is 7. The molecule has 11 rings (SSSR count). The van der Waals surface area contributed by atoms with Crippen LogP contribution in [-0.4, -0.2) is 4.98 Å². The third-order valence-electron chi connectivity index (χ3n) is 11.9. The predicted molar refractivity (Wildman–Crippen MR) is 220 cm³/mol. The lowest BCUT2D eigenvalue weighted by atomic mass is 9.66. The maximum Gasteiger partial charge on any atom is 0.0735 e. The van der Waals surface area contributed by atoms with Gasteiger partial charge in [-0.1, -0.05) is 183 Å². The molecule has 0 radical (unpaired) electrons. The lowest BCUT2D eigenvalue weighted by molar-refractivity contribution is 0.657. The second-order valence-electron chi connectivity index (χ2n) is 15.0. The molecular formula is C51H35NS.